The average Bonchev–Trinajstić information content (AvgIpc) is 3.06. The summed E-state index contributed by atoms with van der Waals surface area (Å²) in [5.41, 5.74) is 0. The van der Waals surface area contributed by atoms with Crippen LogP contribution in [0.5, 0.6) is 0 Å². The van der Waals surface area contributed by atoms with E-state index in [2.05, 4.69) is 4.98 Å². The van der Waals surface area contributed by atoms with Gasteiger partial charge in [-0.25, -0.2) is 13.4 Å². The second-order valence-electron chi connectivity index (χ2n) is 6.94. The molecule has 3 heterocycles. The highest BCUT2D eigenvalue weighted by atomic mass is 32.2. The number of aromatic nitrogens is 1. The summed E-state index contributed by atoms with van der Waals surface area (Å²) in [6, 6.07) is 3.31. The molecule has 8 heteroatoms. The molecule has 0 radical (unpaired) electrons. The highest BCUT2D eigenvalue weighted by Crippen LogP contribution is 2.26. The summed E-state index contributed by atoms with van der Waals surface area (Å²) < 4.78 is 26.6. The predicted molar refractivity (Wildman–Crippen MR) is 103 cm³/mol. The first-order chi connectivity index (χ1) is 12.5. The minimum absolute atomic E-state index is 0.146. The number of hydrogen-bond acceptors (Lipinski definition) is 5. The number of rotatable bonds is 5. The fraction of sp³-hybridized carbons (Fsp3) is 0.667. The zero-order valence-electron chi connectivity index (χ0n) is 15.3. The van der Waals surface area contributed by atoms with Crippen molar-refractivity contribution in [2.45, 2.75) is 60.6 Å². The molecule has 1 amide bonds. The van der Waals surface area contributed by atoms with E-state index in [0.717, 1.165) is 38.8 Å². The summed E-state index contributed by atoms with van der Waals surface area (Å²) in [5, 5.41) is 0.461. The Morgan fingerprint density at radius 3 is 2.23 bits per heavy atom. The van der Waals surface area contributed by atoms with E-state index in [9.17, 15) is 13.2 Å². The number of carbonyl (C=O) groups excluding carboxylic acids is 1. The number of amides is 1. The molecule has 2 saturated heterocycles. The monoisotopic (exact) mass is 397 g/mol. The van der Waals surface area contributed by atoms with E-state index in [-0.39, 0.29) is 16.1 Å². The van der Waals surface area contributed by atoms with Gasteiger partial charge in [0.05, 0.1) is 10.3 Å². The molecule has 0 N–H and O–H groups in total. The molecule has 1 atom stereocenters. The van der Waals surface area contributed by atoms with Crippen LogP contribution in [-0.4, -0.2) is 59.9 Å². The van der Waals surface area contributed by atoms with E-state index >= 15 is 0 Å². The van der Waals surface area contributed by atoms with Gasteiger partial charge in [-0.2, -0.15) is 4.31 Å². The first kappa shape index (κ1) is 19.6. The summed E-state index contributed by atoms with van der Waals surface area (Å²) in [7, 11) is -3.44. The number of carbonyl (C=O) groups is 1. The first-order valence-electron chi connectivity index (χ1n) is 9.40. The maximum Gasteiger partial charge on any atom is 0.244 e. The van der Waals surface area contributed by atoms with E-state index in [0.29, 0.717) is 18.1 Å². The molecule has 26 heavy (non-hydrogen) atoms. The molecule has 2 fully saturated rings. The average molecular weight is 398 g/mol. The van der Waals surface area contributed by atoms with Gasteiger partial charge in [0.15, 0.2) is 0 Å². The highest BCUT2D eigenvalue weighted by molar-refractivity contribution is 8.00. The lowest BCUT2D eigenvalue weighted by atomic mass is 10.2. The van der Waals surface area contributed by atoms with Crippen LogP contribution in [0, 0.1) is 0 Å². The molecule has 0 bridgehead atoms. The van der Waals surface area contributed by atoms with Gasteiger partial charge in [-0.3, -0.25) is 4.79 Å². The van der Waals surface area contributed by atoms with E-state index in [1.54, 1.807) is 12.1 Å². The number of sulfonamides is 1. The van der Waals surface area contributed by atoms with Crippen molar-refractivity contribution in [1.29, 1.82) is 0 Å². The van der Waals surface area contributed by atoms with E-state index in [4.69, 9.17) is 0 Å². The predicted octanol–water partition coefficient (Wildman–Crippen LogP) is 2.75. The Labute approximate surface area is 160 Å². The smallest absolute Gasteiger partial charge is 0.244 e. The van der Waals surface area contributed by atoms with Gasteiger partial charge >= 0.3 is 0 Å². The molecule has 2 aliphatic heterocycles. The lowest BCUT2D eigenvalue weighted by Gasteiger charge is -2.23. The Hall–Kier alpha value is -1.12. The van der Waals surface area contributed by atoms with Crippen molar-refractivity contribution in [3.8, 4) is 0 Å². The Balaban J connectivity index is 1.62. The van der Waals surface area contributed by atoms with Gasteiger partial charge in [0.2, 0.25) is 15.9 Å². The van der Waals surface area contributed by atoms with Gasteiger partial charge in [0.1, 0.15) is 4.90 Å². The molecule has 0 spiro atoms. The first-order valence-corrected chi connectivity index (χ1v) is 11.7. The molecule has 1 unspecified atom stereocenters. The lowest BCUT2D eigenvalue weighted by molar-refractivity contribution is -0.130. The van der Waals surface area contributed by atoms with Crippen molar-refractivity contribution in [2.75, 3.05) is 26.2 Å². The van der Waals surface area contributed by atoms with Crippen LogP contribution in [0.25, 0.3) is 0 Å². The molecule has 2 aliphatic rings. The Morgan fingerprint density at radius 1 is 1.04 bits per heavy atom. The van der Waals surface area contributed by atoms with Crippen molar-refractivity contribution < 1.29 is 13.2 Å². The summed E-state index contributed by atoms with van der Waals surface area (Å²) in [5.74, 6) is 0.146. The molecular weight excluding hydrogens is 370 g/mol. The lowest BCUT2D eigenvalue weighted by Crippen LogP contribution is -2.37. The molecule has 3 rings (SSSR count). The Bertz CT molecular complexity index is 708. The van der Waals surface area contributed by atoms with Crippen LogP contribution in [-0.2, 0) is 14.8 Å². The zero-order valence-corrected chi connectivity index (χ0v) is 16.9. The van der Waals surface area contributed by atoms with Gasteiger partial charge in [0, 0.05) is 32.4 Å². The quantitative estimate of drug-likeness (QED) is 0.715. The summed E-state index contributed by atoms with van der Waals surface area (Å²) >= 11 is 1.39. The van der Waals surface area contributed by atoms with Crippen molar-refractivity contribution >= 4 is 27.7 Å². The third-order valence-corrected chi connectivity index (χ3v) is 7.90. The molecule has 0 saturated carbocycles. The second kappa shape index (κ2) is 8.71. The summed E-state index contributed by atoms with van der Waals surface area (Å²) in [6.45, 7) is 4.74. The second-order valence-corrected chi connectivity index (χ2v) is 10.2. The highest BCUT2D eigenvalue weighted by Gasteiger charge is 2.28. The van der Waals surface area contributed by atoms with Crippen LogP contribution in [0.3, 0.4) is 0 Å². The third kappa shape index (κ3) is 4.58. The number of pyridine rings is 1. The minimum Gasteiger partial charge on any atom is -0.342 e. The van der Waals surface area contributed by atoms with Crippen LogP contribution in [0.15, 0.2) is 28.3 Å². The van der Waals surface area contributed by atoms with Crippen molar-refractivity contribution in [3.05, 3.63) is 18.3 Å². The number of nitrogens with zero attached hydrogens (tertiary/aromatic N) is 3. The van der Waals surface area contributed by atoms with Crippen LogP contribution in [0.4, 0.5) is 0 Å². The SMILES string of the molecule is CC(Sc1ccc(S(=O)(=O)N2CCCC2)cn1)C(=O)N1CCCCCC1. The van der Waals surface area contributed by atoms with Gasteiger partial charge in [0.25, 0.3) is 0 Å². The maximum absolute atomic E-state index is 12.6. The van der Waals surface area contributed by atoms with Crippen LogP contribution < -0.4 is 0 Å². The maximum atomic E-state index is 12.6. The standard InChI is InChI=1S/C18H27N3O3S2/c1-15(18(22)20-10-4-2-3-5-11-20)25-17-9-8-16(14-19-17)26(23,24)21-12-6-7-13-21/h8-9,14-15H,2-7,10-13H2,1H3. The fourth-order valence-corrected chi connectivity index (χ4v) is 5.78. The van der Waals surface area contributed by atoms with E-state index in [1.807, 2.05) is 11.8 Å². The topological polar surface area (TPSA) is 70.6 Å². The number of hydrogen-bond donors (Lipinski definition) is 0. The van der Waals surface area contributed by atoms with Crippen molar-refractivity contribution in [3.63, 3.8) is 0 Å². The van der Waals surface area contributed by atoms with Gasteiger partial charge in [-0.1, -0.05) is 24.6 Å². The van der Waals surface area contributed by atoms with Crippen LogP contribution in [0.2, 0.25) is 0 Å². The van der Waals surface area contributed by atoms with Crippen molar-refractivity contribution in [2.24, 2.45) is 0 Å². The molecular formula is C18H27N3O3S2. The summed E-state index contributed by atoms with van der Waals surface area (Å²) in [4.78, 5) is 19.1. The summed E-state index contributed by atoms with van der Waals surface area (Å²) in [6.07, 6.45) is 7.78. The Kier molecular flexibility index (Phi) is 6.58. The number of likely N-dealkylation sites (tertiary alicyclic amines) is 1. The van der Waals surface area contributed by atoms with Gasteiger partial charge in [-0.15, -0.1) is 0 Å². The molecule has 0 aromatic carbocycles. The molecule has 1 aromatic rings. The Morgan fingerprint density at radius 2 is 1.65 bits per heavy atom. The largest absolute Gasteiger partial charge is 0.342 e. The van der Waals surface area contributed by atoms with Crippen LogP contribution in [0.1, 0.15) is 45.4 Å². The fourth-order valence-electron chi connectivity index (χ4n) is 3.45. The van der Waals surface area contributed by atoms with E-state index in [1.165, 1.54) is 35.1 Å². The van der Waals surface area contributed by atoms with Gasteiger partial charge < -0.3 is 4.90 Å². The minimum atomic E-state index is -3.44. The van der Waals surface area contributed by atoms with Gasteiger partial charge in [-0.05, 0) is 44.7 Å². The van der Waals surface area contributed by atoms with E-state index < -0.39 is 10.0 Å². The zero-order chi connectivity index (χ0) is 18.6. The molecule has 1 aromatic heterocycles. The van der Waals surface area contributed by atoms with Crippen LogP contribution >= 0.6 is 11.8 Å². The number of thioether (sulfide) groups is 1. The third-order valence-electron chi connectivity index (χ3n) is 4.98. The normalized spacial score (nSPS) is 20.7. The molecule has 144 valence electrons. The van der Waals surface area contributed by atoms with Crippen molar-refractivity contribution in [1.82, 2.24) is 14.2 Å². The molecule has 6 nitrogen and oxygen atoms in total. The molecule has 0 aliphatic carbocycles.